The Balaban J connectivity index is 1.87. The van der Waals surface area contributed by atoms with Crippen LogP contribution < -0.4 is 5.43 Å². The minimum Gasteiger partial charge on any atom is -0.379 e. The van der Waals surface area contributed by atoms with Gasteiger partial charge in [-0.1, -0.05) is 23.7 Å². The van der Waals surface area contributed by atoms with Crippen LogP contribution in [-0.4, -0.2) is 49.7 Å². The van der Waals surface area contributed by atoms with Gasteiger partial charge in [0.05, 0.1) is 28.7 Å². The van der Waals surface area contributed by atoms with E-state index in [1.165, 1.54) is 16.4 Å². The molecule has 9 nitrogen and oxygen atoms in total. The Bertz CT molecular complexity index is 1030. The third-order valence-corrected chi connectivity index (χ3v) is 6.53. The summed E-state index contributed by atoms with van der Waals surface area (Å²) in [6.07, 6.45) is 0. The van der Waals surface area contributed by atoms with Gasteiger partial charge in [-0.25, -0.2) is 8.42 Å². The molecule has 0 aromatic heterocycles. The lowest BCUT2D eigenvalue weighted by molar-refractivity contribution is -0.384. The highest BCUT2D eigenvalue weighted by Crippen LogP contribution is 2.29. The van der Waals surface area contributed by atoms with Crippen LogP contribution in [-0.2, 0) is 14.8 Å². The van der Waals surface area contributed by atoms with Gasteiger partial charge in [-0.05, 0) is 36.8 Å². The van der Waals surface area contributed by atoms with Gasteiger partial charge in [0, 0.05) is 24.2 Å². The highest BCUT2D eigenvalue weighted by Gasteiger charge is 2.28. The Morgan fingerprint density at radius 3 is 2.48 bits per heavy atom. The van der Waals surface area contributed by atoms with Crippen LogP contribution in [0.25, 0.3) is 0 Å². The molecule has 1 aliphatic heterocycles. The molecule has 0 amide bonds. The van der Waals surface area contributed by atoms with Crippen LogP contribution in [0.3, 0.4) is 0 Å². The fourth-order valence-corrected chi connectivity index (χ4v) is 4.31. The fraction of sp³-hybridized carbons (Fsp3) is 0.278. The molecule has 0 saturated carbocycles. The minimum atomic E-state index is -3.84. The number of morpholine rings is 1. The van der Waals surface area contributed by atoms with Gasteiger partial charge < -0.3 is 4.74 Å². The van der Waals surface area contributed by atoms with Gasteiger partial charge in [-0.2, -0.15) is 9.41 Å². The van der Waals surface area contributed by atoms with Crippen molar-refractivity contribution in [2.75, 3.05) is 31.7 Å². The maximum Gasteiger partial charge on any atom is 0.295 e. The largest absolute Gasteiger partial charge is 0.379 e. The maximum atomic E-state index is 12.7. The second-order valence-electron chi connectivity index (χ2n) is 6.27. The quantitative estimate of drug-likeness (QED) is 0.421. The van der Waals surface area contributed by atoms with Crippen molar-refractivity contribution in [3.05, 3.63) is 63.2 Å². The molecule has 1 fully saturated rings. The van der Waals surface area contributed by atoms with Crippen molar-refractivity contribution >= 4 is 38.7 Å². The van der Waals surface area contributed by atoms with Gasteiger partial charge in [0.2, 0.25) is 10.0 Å². The summed E-state index contributed by atoms with van der Waals surface area (Å²) in [6, 6.07) is 10.7. The highest BCUT2D eigenvalue weighted by molar-refractivity contribution is 7.89. The predicted molar refractivity (Wildman–Crippen MR) is 110 cm³/mol. The number of halogens is 1. The van der Waals surface area contributed by atoms with E-state index in [-0.39, 0.29) is 29.4 Å². The van der Waals surface area contributed by atoms with Crippen LogP contribution in [0, 0.1) is 10.1 Å². The first-order valence-corrected chi connectivity index (χ1v) is 10.5. The van der Waals surface area contributed by atoms with E-state index in [0.29, 0.717) is 23.9 Å². The van der Waals surface area contributed by atoms with E-state index in [1.54, 1.807) is 31.2 Å². The van der Waals surface area contributed by atoms with Crippen molar-refractivity contribution in [3.63, 3.8) is 0 Å². The summed E-state index contributed by atoms with van der Waals surface area (Å²) >= 11 is 5.86. The van der Waals surface area contributed by atoms with E-state index in [9.17, 15) is 18.5 Å². The van der Waals surface area contributed by atoms with Gasteiger partial charge in [0.25, 0.3) is 5.69 Å². The lowest BCUT2D eigenvalue weighted by Crippen LogP contribution is -2.40. The molecule has 0 radical (unpaired) electrons. The number of hydrogen-bond acceptors (Lipinski definition) is 7. The van der Waals surface area contributed by atoms with Crippen molar-refractivity contribution < 1.29 is 18.1 Å². The maximum absolute atomic E-state index is 12.7. The lowest BCUT2D eigenvalue weighted by Gasteiger charge is -2.26. The van der Waals surface area contributed by atoms with E-state index in [0.717, 1.165) is 11.6 Å². The number of sulfonamides is 1. The third kappa shape index (κ3) is 4.91. The predicted octanol–water partition coefficient (Wildman–Crippen LogP) is 3.11. The molecule has 3 rings (SSSR count). The standard InChI is InChI=1S/C18H19ClN4O5S/c1-13(14-2-4-15(19)5-3-14)20-21-17-7-6-16(12-18(17)23(24)25)29(26,27)22-8-10-28-11-9-22/h2-7,12,21H,8-11H2,1H3/b20-13-. The molecule has 2 aromatic rings. The molecule has 0 unspecified atom stereocenters. The van der Waals surface area contributed by atoms with E-state index < -0.39 is 14.9 Å². The number of rotatable bonds is 6. The molecule has 1 aliphatic rings. The average molecular weight is 439 g/mol. The smallest absolute Gasteiger partial charge is 0.295 e. The van der Waals surface area contributed by atoms with Crippen LogP contribution >= 0.6 is 11.6 Å². The zero-order chi connectivity index (χ0) is 21.0. The Labute approximate surface area is 173 Å². The third-order valence-electron chi connectivity index (χ3n) is 4.38. The molecular formula is C18H19ClN4O5S. The molecule has 1 N–H and O–H groups in total. The first kappa shape index (κ1) is 21.2. The summed E-state index contributed by atoms with van der Waals surface area (Å²) in [7, 11) is -3.84. The van der Waals surface area contributed by atoms with Gasteiger partial charge >= 0.3 is 0 Å². The molecule has 11 heteroatoms. The van der Waals surface area contributed by atoms with Gasteiger partial charge in [-0.3, -0.25) is 15.5 Å². The molecule has 0 spiro atoms. The zero-order valence-electron chi connectivity index (χ0n) is 15.5. The van der Waals surface area contributed by atoms with E-state index in [4.69, 9.17) is 16.3 Å². The topological polar surface area (TPSA) is 114 Å². The summed E-state index contributed by atoms with van der Waals surface area (Å²) in [5.41, 5.74) is 3.73. The molecule has 0 bridgehead atoms. The molecule has 0 aliphatic carbocycles. The summed E-state index contributed by atoms with van der Waals surface area (Å²) in [5, 5.41) is 16.3. The van der Waals surface area contributed by atoms with Gasteiger partial charge in [0.1, 0.15) is 5.69 Å². The normalized spacial score (nSPS) is 15.9. The Hall–Kier alpha value is -2.53. The van der Waals surface area contributed by atoms with E-state index >= 15 is 0 Å². The summed E-state index contributed by atoms with van der Waals surface area (Å²) in [6.45, 7) is 2.74. The second kappa shape index (κ2) is 8.87. The highest BCUT2D eigenvalue weighted by atomic mass is 35.5. The fourth-order valence-electron chi connectivity index (χ4n) is 2.75. The number of anilines is 1. The van der Waals surface area contributed by atoms with Crippen molar-refractivity contribution in [1.82, 2.24) is 4.31 Å². The van der Waals surface area contributed by atoms with Crippen LogP contribution in [0.1, 0.15) is 12.5 Å². The number of nitrogens with zero attached hydrogens (tertiary/aromatic N) is 3. The molecule has 1 heterocycles. The van der Waals surface area contributed by atoms with Crippen molar-refractivity contribution in [1.29, 1.82) is 0 Å². The zero-order valence-corrected chi connectivity index (χ0v) is 17.1. The first-order valence-electron chi connectivity index (χ1n) is 8.71. The number of nitrogens with one attached hydrogen (secondary N) is 1. The number of hydrazone groups is 1. The number of ether oxygens (including phenoxy) is 1. The summed E-state index contributed by atoms with van der Waals surface area (Å²) in [4.78, 5) is 10.7. The average Bonchev–Trinajstić information content (AvgIpc) is 2.73. The number of nitro benzene ring substituents is 1. The molecule has 29 heavy (non-hydrogen) atoms. The molecular weight excluding hydrogens is 420 g/mol. The van der Waals surface area contributed by atoms with Gasteiger partial charge in [0.15, 0.2) is 0 Å². The SMILES string of the molecule is C/C(=N/Nc1ccc(S(=O)(=O)N2CCOCC2)cc1[N+](=O)[O-])c1ccc(Cl)cc1. The summed E-state index contributed by atoms with van der Waals surface area (Å²) < 4.78 is 31.9. The van der Waals surface area contributed by atoms with E-state index in [1.807, 2.05) is 0 Å². The van der Waals surface area contributed by atoms with Crippen molar-refractivity contribution in [2.45, 2.75) is 11.8 Å². The Morgan fingerprint density at radius 2 is 1.86 bits per heavy atom. The second-order valence-corrected chi connectivity index (χ2v) is 8.64. The van der Waals surface area contributed by atoms with Crippen molar-refractivity contribution in [2.24, 2.45) is 5.10 Å². The molecule has 2 aromatic carbocycles. The van der Waals surface area contributed by atoms with Crippen LogP contribution in [0.2, 0.25) is 5.02 Å². The molecule has 0 atom stereocenters. The first-order chi connectivity index (χ1) is 13.8. The number of hydrogen-bond donors (Lipinski definition) is 1. The Morgan fingerprint density at radius 1 is 1.21 bits per heavy atom. The monoisotopic (exact) mass is 438 g/mol. The van der Waals surface area contributed by atoms with E-state index in [2.05, 4.69) is 10.5 Å². The number of benzene rings is 2. The summed E-state index contributed by atoms with van der Waals surface area (Å²) in [5.74, 6) is 0. The molecule has 1 saturated heterocycles. The van der Waals surface area contributed by atoms with Crippen LogP contribution in [0.5, 0.6) is 0 Å². The number of nitro groups is 1. The molecule has 154 valence electrons. The Kier molecular flexibility index (Phi) is 6.48. The minimum absolute atomic E-state index is 0.0873. The van der Waals surface area contributed by atoms with Crippen LogP contribution in [0.15, 0.2) is 52.5 Å². The van der Waals surface area contributed by atoms with Gasteiger partial charge in [-0.15, -0.1) is 0 Å². The van der Waals surface area contributed by atoms with Crippen LogP contribution in [0.4, 0.5) is 11.4 Å². The lowest BCUT2D eigenvalue weighted by atomic mass is 10.1. The van der Waals surface area contributed by atoms with Crippen molar-refractivity contribution in [3.8, 4) is 0 Å².